The molecule has 1 unspecified atom stereocenters. The van der Waals surface area contributed by atoms with Gasteiger partial charge < -0.3 is 14.4 Å². The van der Waals surface area contributed by atoms with Crippen LogP contribution in [0.1, 0.15) is 34.7 Å². The lowest BCUT2D eigenvalue weighted by Crippen LogP contribution is -2.44. The van der Waals surface area contributed by atoms with Gasteiger partial charge in [0.05, 0.1) is 32.2 Å². The number of amides is 1. The summed E-state index contributed by atoms with van der Waals surface area (Å²) in [5.74, 6) is 1.07. The zero-order valence-corrected chi connectivity index (χ0v) is 15.9. The second kappa shape index (κ2) is 7.09. The molecule has 2 aromatic carbocycles. The van der Waals surface area contributed by atoms with Gasteiger partial charge in [0.25, 0.3) is 0 Å². The fourth-order valence-corrected chi connectivity index (χ4v) is 3.96. The topological polar surface area (TPSA) is 51.1 Å². The molecule has 0 radical (unpaired) electrons. The SMILES string of the molecule is COc1cc2c(cc1OC)C1CC(=O)N=C(c3cccc(C(F)(F)F)c3)N1CC2. The van der Waals surface area contributed by atoms with Gasteiger partial charge in [0.15, 0.2) is 11.5 Å². The Morgan fingerprint density at radius 1 is 1.10 bits per heavy atom. The Kier molecular flexibility index (Phi) is 4.72. The molecule has 8 heteroatoms. The van der Waals surface area contributed by atoms with Crippen LogP contribution < -0.4 is 9.47 Å². The number of methoxy groups -OCH3 is 2. The Hall–Kier alpha value is -3.03. The molecule has 0 fully saturated rings. The van der Waals surface area contributed by atoms with E-state index >= 15 is 0 Å². The second-order valence-electron chi connectivity index (χ2n) is 6.98. The first-order valence-electron chi connectivity index (χ1n) is 9.12. The van der Waals surface area contributed by atoms with Crippen LogP contribution in [0, 0.1) is 0 Å². The summed E-state index contributed by atoms with van der Waals surface area (Å²) < 4.78 is 50.2. The minimum atomic E-state index is -4.47. The second-order valence-corrected chi connectivity index (χ2v) is 6.98. The van der Waals surface area contributed by atoms with Crippen LogP contribution in [0.3, 0.4) is 0 Å². The summed E-state index contributed by atoms with van der Waals surface area (Å²) in [6.07, 6.45) is -3.66. The highest BCUT2D eigenvalue weighted by molar-refractivity contribution is 6.07. The maximum Gasteiger partial charge on any atom is 0.416 e. The number of halogens is 3. The van der Waals surface area contributed by atoms with Crippen molar-refractivity contribution in [3.05, 3.63) is 58.7 Å². The van der Waals surface area contributed by atoms with Gasteiger partial charge in [-0.1, -0.05) is 12.1 Å². The smallest absolute Gasteiger partial charge is 0.416 e. The third-order valence-corrected chi connectivity index (χ3v) is 5.32. The van der Waals surface area contributed by atoms with Crippen LogP contribution in [0.5, 0.6) is 11.5 Å². The molecule has 152 valence electrons. The van der Waals surface area contributed by atoms with E-state index in [4.69, 9.17) is 9.47 Å². The molecule has 1 amide bonds. The highest BCUT2D eigenvalue weighted by atomic mass is 19.4. The monoisotopic (exact) mass is 404 g/mol. The number of hydrogen-bond donors (Lipinski definition) is 0. The summed E-state index contributed by atoms with van der Waals surface area (Å²) in [7, 11) is 3.09. The minimum absolute atomic E-state index is 0.158. The number of carbonyl (C=O) groups excluding carboxylic acids is 1. The maximum absolute atomic E-state index is 13.2. The first-order chi connectivity index (χ1) is 13.8. The van der Waals surface area contributed by atoms with E-state index < -0.39 is 11.7 Å². The fourth-order valence-electron chi connectivity index (χ4n) is 3.96. The van der Waals surface area contributed by atoms with E-state index in [0.29, 0.717) is 24.5 Å². The van der Waals surface area contributed by atoms with Gasteiger partial charge in [0.2, 0.25) is 5.91 Å². The molecule has 2 aromatic rings. The van der Waals surface area contributed by atoms with Gasteiger partial charge in [0.1, 0.15) is 5.84 Å². The number of alkyl halides is 3. The summed E-state index contributed by atoms with van der Waals surface area (Å²) in [6.45, 7) is 0.537. The number of nitrogens with zero attached hydrogens (tertiary/aromatic N) is 2. The molecule has 0 saturated heterocycles. The van der Waals surface area contributed by atoms with Crippen molar-refractivity contribution in [2.24, 2.45) is 4.99 Å². The van der Waals surface area contributed by atoms with E-state index in [0.717, 1.165) is 23.3 Å². The van der Waals surface area contributed by atoms with Gasteiger partial charge in [-0.2, -0.15) is 18.2 Å². The Morgan fingerprint density at radius 3 is 2.52 bits per heavy atom. The highest BCUT2D eigenvalue weighted by Crippen LogP contribution is 2.41. The number of carbonyl (C=O) groups is 1. The quantitative estimate of drug-likeness (QED) is 0.776. The highest BCUT2D eigenvalue weighted by Gasteiger charge is 2.37. The predicted octanol–water partition coefficient (Wildman–Crippen LogP) is 4.00. The zero-order chi connectivity index (χ0) is 20.8. The molecular weight excluding hydrogens is 385 g/mol. The van der Waals surface area contributed by atoms with Crippen LogP contribution in [-0.4, -0.2) is 37.4 Å². The van der Waals surface area contributed by atoms with E-state index in [1.165, 1.54) is 13.2 Å². The normalized spacial score (nSPS) is 18.7. The molecule has 2 aliphatic heterocycles. The lowest BCUT2D eigenvalue weighted by molar-refractivity contribution is -0.137. The van der Waals surface area contributed by atoms with Crippen molar-refractivity contribution in [3.8, 4) is 11.5 Å². The first-order valence-corrected chi connectivity index (χ1v) is 9.12. The molecule has 2 heterocycles. The van der Waals surface area contributed by atoms with Crippen LogP contribution in [0.15, 0.2) is 41.4 Å². The molecule has 0 spiro atoms. The molecule has 0 bridgehead atoms. The van der Waals surface area contributed by atoms with Crippen LogP contribution in [0.2, 0.25) is 0 Å². The molecule has 0 N–H and O–H groups in total. The van der Waals surface area contributed by atoms with Crippen molar-refractivity contribution >= 4 is 11.7 Å². The van der Waals surface area contributed by atoms with Crippen molar-refractivity contribution in [3.63, 3.8) is 0 Å². The Bertz CT molecular complexity index is 1000. The average molecular weight is 404 g/mol. The number of rotatable bonds is 3. The summed E-state index contributed by atoms with van der Waals surface area (Å²) in [4.78, 5) is 18.4. The van der Waals surface area contributed by atoms with E-state index in [-0.39, 0.29) is 29.8 Å². The van der Waals surface area contributed by atoms with Crippen LogP contribution in [-0.2, 0) is 17.4 Å². The van der Waals surface area contributed by atoms with Gasteiger partial charge in [-0.3, -0.25) is 4.79 Å². The first kappa shape index (κ1) is 19.3. The van der Waals surface area contributed by atoms with Crippen molar-refractivity contribution in [1.82, 2.24) is 4.90 Å². The Morgan fingerprint density at radius 2 is 1.83 bits per heavy atom. The number of fused-ring (bicyclic) bond motifs is 3. The van der Waals surface area contributed by atoms with Gasteiger partial charge in [-0.05, 0) is 41.8 Å². The van der Waals surface area contributed by atoms with Gasteiger partial charge in [0, 0.05) is 12.1 Å². The molecule has 0 aliphatic carbocycles. The standard InChI is InChI=1S/C21H19F3N2O3/c1-28-17-9-12-6-7-26-16(15(12)10-18(17)29-2)11-19(27)25-20(26)13-4-3-5-14(8-13)21(22,23)24/h3-5,8-10,16H,6-7,11H2,1-2H3. The van der Waals surface area contributed by atoms with Gasteiger partial charge in [-0.25, -0.2) is 0 Å². The van der Waals surface area contributed by atoms with E-state index in [1.807, 2.05) is 17.0 Å². The van der Waals surface area contributed by atoms with E-state index in [9.17, 15) is 18.0 Å². The molecular formula is C21H19F3N2O3. The molecule has 1 atom stereocenters. The van der Waals surface area contributed by atoms with Crippen molar-refractivity contribution in [2.75, 3.05) is 20.8 Å². The van der Waals surface area contributed by atoms with E-state index in [1.54, 1.807) is 13.2 Å². The van der Waals surface area contributed by atoms with Crippen LogP contribution in [0.4, 0.5) is 13.2 Å². The van der Waals surface area contributed by atoms with Crippen molar-refractivity contribution in [1.29, 1.82) is 0 Å². The molecule has 4 rings (SSSR count). The zero-order valence-electron chi connectivity index (χ0n) is 15.9. The molecule has 29 heavy (non-hydrogen) atoms. The summed E-state index contributed by atoms with van der Waals surface area (Å²) in [5, 5.41) is 0. The lowest BCUT2D eigenvalue weighted by atomic mass is 9.88. The molecule has 5 nitrogen and oxygen atoms in total. The number of aliphatic imine (C=N–C) groups is 1. The average Bonchev–Trinajstić information content (AvgIpc) is 2.71. The summed E-state index contributed by atoms with van der Waals surface area (Å²) in [5.41, 5.74) is 1.45. The van der Waals surface area contributed by atoms with Crippen molar-refractivity contribution in [2.45, 2.75) is 25.1 Å². The van der Waals surface area contributed by atoms with Gasteiger partial charge >= 0.3 is 6.18 Å². The molecule has 2 aliphatic rings. The molecule has 0 aromatic heterocycles. The molecule has 0 saturated carbocycles. The Balaban J connectivity index is 1.77. The third kappa shape index (κ3) is 3.43. The predicted molar refractivity (Wildman–Crippen MR) is 100 cm³/mol. The Labute approximate surface area is 165 Å². The van der Waals surface area contributed by atoms with Gasteiger partial charge in [-0.15, -0.1) is 0 Å². The summed E-state index contributed by atoms with van der Waals surface area (Å²) >= 11 is 0. The number of benzene rings is 2. The summed E-state index contributed by atoms with van der Waals surface area (Å²) in [6, 6.07) is 8.36. The van der Waals surface area contributed by atoms with Crippen LogP contribution in [0.25, 0.3) is 0 Å². The number of amidine groups is 1. The largest absolute Gasteiger partial charge is 0.493 e. The third-order valence-electron chi connectivity index (χ3n) is 5.32. The van der Waals surface area contributed by atoms with Crippen LogP contribution >= 0.6 is 0 Å². The minimum Gasteiger partial charge on any atom is -0.493 e. The van der Waals surface area contributed by atoms with E-state index in [2.05, 4.69) is 4.99 Å². The maximum atomic E-state index is 13.2. The van der Waals surface area contributed by atoms with Crippen molar-refractivity contribution < 1.29 is 27.4 Å². The lowest BCUT2D eigenvalue weighted by Gasteiger charge is -2.41. The number of ether oxygens (including phenoxy) is 2. The fraction of sp³-hybridized carbons (Fsp3) is 0.333. The number of hydrogen-bond acceptors (Lipinski definition) is 4.